The third-order valence-electron chi connectivity index (χ3n) is 4.17. The van der Waals surface area contributed by atoms with Crippen LogP contribution in [0.4, 0.5) is 13.2 Å². The number of fused-ring (bicyclic) bond motifs is 1. The van der Waals surface area contributed by atoms with Crippen LogP contribution < -0.4 is 0 Å². The fourth-order valence-corrected chi connectivity index (χ4v) is 3.19. The van der Waals surface area contributed by atoms with E-state index >= 15 is 0 Å². The molecule has 4 nitrogen and oxygen atoms in total. The summed E-state index contributed by atoms with van der Waals surface area (Å²) in [5, 5.41) is -0.0849. The Labute approximate surface area is 142 Å². The molecular weight excluding hydrogens is 343 g/mol. The van der Waals surface area contributed by atoms with Crippen molar-refractivity contribution in [3.05, 3.63) is 34.7 Å². The quantitative estimate of drug-likeness (QED) is 0.814. The van der Waals surface area contributed by atoms with Gasteiger partial charge in [0, 0.05) is 25.5 Å². The predicted octanol–water partition coefficient (Wildman–Crippen LogP) is 3.95. The first kappa shape index (κ1) is 17.1. The Morgan fingerprint density at radius 1 is 1.17 bits per heavy atom. The number of likely N-dealkylation sites (tertiary alicyclic amines) is 1. The molecule has 3 heterocycles. The highest BCUT2D eigenvalue weighted by Crippen LogP contribution is 2.32. The standard InChI is InChI=1S/C16H17ClF3N3O/c17-13-7-11(16(18,19)20)9-23-10-12(21-15(13)23)8-14(24)22-5-3-1-2-4-6-22/h7,9-10H,1-6,8H2. The SMILES string of the molecule is O=C(Cc1cn2cc(C(F)(F)F)cc(Cl)c2n1)N1CCCCCC1. The van der Waals surface area contributed by atoms with Gasteiger partial charge in [-0.1, -0.05) is 24.4 Å². The van der Waals surface area contributed by atoms with Crippen molar-refractivity contribution in [2.75, 3.05) is 13.1 Å². The minimum atomic E-state index is -4.48. The van der Waals surface area contributed by atoms with Gasteiger partial charge in [-0.05, 0) is 18.9 Å². The summed E-state index contributed by atoms with van der Waals surface area (Å²) < 4.78 is 39.8. The van der Waals surface area contributed by atoms with E-state index in [9.17, 15) is 18.0 Å². The molecule has 0 aliphatic carbocycles. The Morgan fingerprint density at radius 3 is 2.46 bits per heavy atom. The molecule has 0 N–H and O–H groups in total. The Hall–Kier alpha value is -1.76. The predicted molar refractivity (Wildman–Crippen MR) is 84.0 cm³/mol. The van der Waals surface area contributed by atoms with Gasteiger partial charge >= 0.3 is 6.18 Å². The number of imidazole rings is 1. The zero-order valence-electron chi connectivity index (χ0n) is 12.9. The first-order chi connectivity index (χ1) is 11.3. The first-order valence-corrected chi connectivity index (χ1v) is 8.24. The molecule has 0 bridgehead atoms. The molecule has 130 valence electrons. The van der Waals surface area contributed by atoms with Crippen LogP contribution in [-0.2, 0) is 17.4 Å². The summed E-state index contributed by atoms with van der Waals surface area (Å²) in [6.45, 7) is 1.45. The summed E-state index contributed by atoms with van der Waals surface area (Å²) in [7, 11) is 0. The van der Waals surface area contributed by atoms with Crippen molar-refractivity contribution in [3.63, 3.8) is 0 Å². The van der Waals surface area contributed by atoms with Gasteiger partial charge in [0.2, 0.25) is 5.91 Å². The number of rotatable bonds is 2. The molecule has 1 aliphatic heterocycles. The fourth-order valence-electron chi connectivity index (χ4n) is 2.93. The average molecular weight is 360 g/mol. The highest BCUT2D eigenvalue weighted by molar-refractivity contribution is 6.33. The van der Waals surface area contributed by atoms with Crippen LogP contribution >= 0.6 is 11.6 Å². The molecule has 0 saturated carbocycles. The molecule has 0 aromatic carbocycles. The number of halogens is 4. The topological polar surface area (TPSA) is 37.6 Å². The van der Waals surface area contributed by atoms with Gasteiger partial charge in [-0.3, -0.25) is 4.79 Å². The van der Waals surface area contributed by atoms with Gasteiger partial charge < -0.3 is 9.30 Å². The van der Waals surface area contributed by atoms with Crippen molar-refractivity contribution in [3.8, 4) is 0 Å². The molecular formula is C16H17ClF3N3O. The molecule has 2 aromatic rings. The lowest BCUT2D eigenvalue weighted by Gasteiger charge is -2.19. The van der Waals surface area contributed by atoms with E-state index in [4.69, 9.17) is 11.6 Å². The van der Waals surface area contributed by atoms with Gasteiger partial charge in [-0.2, -0.15) is 13.2 Å². The van der Waals surface area contributed by atoms with Gasteiger partial charge in [-0.25, -0.2) is 4.98 Å². The Morgan fingerprint density at radius 2 is 1.83 bits per heavy atom. The molecule has 1 fully saturated rings. The number of amides is 1. The van der Waals surface area contributed by atoms with E-state index in [1.54, 1.807) is 4.90 Å². The molecule has 24 heavy (non-hydrogen) atoms. The van der Waals surface area contributed by atoms with Crippen molar-refractivity contribution < 1.29 is 18.0 Å². The summed E-state index contributed by atoms with van der Waals surface area (Å²) in [5.41, 5.74) is -0.198. The maximum absolute atomic E-state index is 12.8. The number of nitrogens with zero attached hydrogens (tertiary/aromatic N) is 3. The van der Waals surface area contributed by atoms with Gasteiger partial charge in [0.1, 0.15) is 0 Å². The molecule has 2 aromatic heterocycles. The highest BCUT2D eigenvalue weighted by atomic mass is 35.5. The lowest BCUT2D eigenvalue weighted by molar-refractivity contribution is -0.138. The minimum Gasteiger partial charge on any atom is -0.342 e. The number of alkyl halides is 3. The normalized spacial score (nSPS) is 16.4. The maximum Gasteiger partial charge on any atom is 0.417 e. The Balaban J connectivity index is 1.82. The highest BCUT2D eigenvalue weighted by Gasteiger charge is 2.32. The Kier molecular flexibility index (Phi) is 4.71. The van der Waals surface area contributed by atoms with Gasteiger partial charge in [-0.15, -0.1) is 0 Å². The van der Waals surface area contributed by atoms with E-state index in [0.717, 1.165) is 51.0 Å². The second kappa shape index (κ2) is 6.63. The van der Waals surface area contributed by atoms with E-state index in [1.165, 1.54) is 10.6 Å². The average Bonchev–Trinajstić information content (AvgIpc) is 2.73. The number of aromatic nitrogens is 2. The van der Waals surface area contributed by atoms with Crippen molar-refractivity contribution in [2.45, 2.75) is 38.3 Å². The second-order valence-corrected chi connectivity index (χ2v) is 6.42. The van der Waals surface area contributed by atoms with Crippen LogP contribution in [0.5, 0.6) is 0 Å². The van der Waals surface area contributed by atoms with E-state index in [1.807, 2.05) is 0 Å². The molecule has 0 atom stereocenters. The lowest BCUT2D eigenvalue weighted by Crippen LogP contribution is -2.33. The van der Waals surface area contributed by atoms with E-state index in [-0.39, 0.29) is 23.0 Å². The summed E-state index contributed by atoms with van der Waals surface area (Å²) in [6, 6.07) is 0.851. The fraction of sp³-hybridized carbons (Fsp3) is 0.500. The number of carbonyl (C=O) groups excluding carboxylic acids is 1. The third-order valence-corrected chi connectivity index (χ3v) is 4.45. The molecule has 1 saturated heterocycles. The molecule has 0 unspecified atom stereocenters. The number of carbonyl (C=O) groups is 1. The maximum atomic E-state index is 12.8. The summed E-state index contributed by atoms with van der Waals surface area (Å²) in [5.74, 6) is -0.0486. The molecule has 0 radical (unpaired) electrons. The van der Waals surface area contributed by atoms with Gasteiger partial charge in [0.25, 0.3) is 0 Å². The Bertz CT molecular complexity index is 749. The number of hydrogen-bond acceptors (Lipinski definition) is 2. The molecule has 3 rings (SSSR count). The van der Waals surface area contributed by atoms with E-state index in [0.29, 0.717) is 5.69 Å². The zero-order chi connectivity index (χ0) is 17.3. The number of pyridine rings is 1. The molecule has 1 aliphatic rings. The van der Waals surface area contributed by atoms with Crippen molar-refractivity contribution in [1.29, 1.82) is 0 Å². The first-order valence-electron chi connectivity index (χ1n) is 7.87. The summed E-state index contributed by atoms with van der Waals surface area (Å²) >= 11 is 5.91. The molecule has 0 spiro atoms. The molecule has 8 heteroatoms. The van der Waals surface area contributed by atoms with Crippen molar-refractivity contribution >= 4 is 23.2 Å². The van der Waals surface area contributed by atoms with Crippen LogP contribution in [0.3, 0.4) is 0 Å². The minimum absolute atomic E-state index is 0.0486. The van der Waals surface area contributed by atoms with Crippen LogP contribution in [-0.4, -0.2) is 33.3 Å². The lowest BCUT2D eigenvalue weighted by atomic mass is 10.2. The van der Waals surface area contributed by atoms with Crippen LogP contribution in [0, 0.1) is 0 Å². The molecule has 1 amide bonds. The smallest absolute Gasteiger partial charge is 0.342 e. The van der Waals surface area contributed by atoms with Crippen molar-refractivity contribution in [1.82, 2.24) is 14.3 Å². The van der Waals surface area contributed by atoms with Crippen LogP contribution in [0.1, 0.15) is 36.9 Å². The number of hydrogen-bond donors (Lipinski definition) is 0. The zero-order valence-corrected chi connectivity index (χ0v) is 13.7. The van der Waals surface area contributed by atoms with Gasteiger partial charge in [0.15, 0.2) is 5.65 Å². The van der Waals surface area contributed by atoms with Gasteiger partial charge in [0.05, 0.1) is 22.7 Å². The largest absolute Gasteiger partial charge is 0.417 e. The monoisotopic (exact) mass is 359 g/mol. The second-order valence-electron chi connectivity index (χ2n) is 6.01. The third kappa shape index (κ3) is 3.66. The van der Waals surface area contributed by atoms with Crippen LogP contribution in [0.2, 0.25) is 5.02 Å². The van der Waals surface area contributed by atoms with E-state index < -0.39 is 11.7 Å². The summed E-state index contributed by atoms with van der Waals surface area (Å²) in [6.07, 6.45) is 2.17. The van der Waals surface area contributed by atoms with Crippen molar-refractivity contribution in [2.24, 2.45) is 0 Å². The van der Waals surface area contributed by atoms with Crippen LogP contribution in [0.25, 0.3) is 5.65 Å². The summed E-state index contributed by atoms with van der Waals surface area (Å²) in [4.78, 5) is 18.4. The van der Waals surface area contributed by atoms with Crippen LogP contribution in [0.15, 0.2) is 18.5 Å². The van der Waals surface area contributed by atoms with E-state index in [2.05, 4.69) is 4.98 Å².